The van der Waals surface area contributed by atoms with E-state index in [1.807, 2.05) is 59.6 Å². The fraction of sp³-hybridized carbons (Fsp3) is 0.0952. The number of para-hydroxylation sites is 1. The maximum atomic E-state index is 13.2. The molecule has 3 aromatic carbocycles. The van der Waals surface area contributed by atoms with Gasteiger partial charge in [0, 0.05) is 11.4 Å². The highest BCUT2D eigenvalue weighted by atomic mass is 35.5. The van der Waals surface area contributed by atoms with E-state index in [-0.39, 0.29) is 11.9 Å². The molecular weight excluding hydrogens is 335 g/mol. The van der Waals surface area contributed by atoms with Gasteiger partial charge in [-0.1, -0.05) is 60.1 Å². The van der Waals surface area contributed by atoms with Gasteiger partial charge in [0.1, 0.15) is 5.82 Å². The van der Waals surface area contributed by atoms with E-state index in [1.54, 1.807) is 12.1 Å². The fourth-order valence-electron chi connectivity index (χ4n) is 3.13. The molecule has 4 rings (SSSR count). The van der Waals surface area contributed by atoms with Crippen LogP contribution in [0.2, 0.25) is 5.02 Å². The number of rotatable bonds is 3. The standard InChI is InChI=1S/C21H16ClFN2/c22-19-9-5-4-8-18(19)21-14-20(15-10-12-16(23)13-11-15)24-25(21)17-6-2-1-3-7-17/h1-13,21H,14H2/t21-/m1/s1. The van der Waals surface area contributed by atoms with E-state index in [2.05, 4.69) is 0 Å². The number of halogens is 2. The summed E-state index contributed by atoms with van der Waals surface area (Å²) in [6, 6.07) is 24.3. The van der Waals surface area contributed by atoms with E-state index >= 15 is 0 Å². The molecule has 0 fully saturated rings. The average Bonchev–Trinajstić information content (AvgIpc) is 3.08. The zero-order chi connectivity index (χ0) is 17.2. The van der Waals surface area contributed by atoms with Gasteiger partial charge >= 0.3 is 0 Å². The summed E-state index contributed by atoms with van der Waals surface area (Å²) in [5.41, 5.74) is 3.89. The van der Waals surface area contributed by atoms with Crippen LogP contribution in [0.25, 0.3) is 0 Å². The summed E-state index contributed by atoms with van der Waals surface area (Å²) in [5, 5.41) is 7.55. The molecule has 1 aliphatic heterocycles. The lowest BCUT2D eigenvalue weighted by Gasteiger charge is -2.24. The number of anilines is 1. The van der Waals surface area contributed by atoms with Crippen LogP contribution in [0.4, 0.5) is 10.1 Å². The molecule has 1 atom stereocenters. The smallest absolute Gasteiger partial charge is 0.123 e. The first-order chi connectivity index (χ1) is 12.2. The van der Waals surface area contributed by atoms with Crippen molar-refractivity contribution in [1.29, 1.82) is 0 Å². The summed E-state index contributed by atoms with van der Waals surface area (Å²) in [6.07, 6.45) is 0.713. The lowest BCUT2D eigenvalue weighted by Crippen LogP contribution is -2.18. The number of hydrazone groups is 1. The van der Waals surface area contributed by atoms with Gasteiger partial charge in [-0.25, -0.2) is 4.39 Å². The third-order valence-corrected chi connectivity index (χ3v) is 4.72. The molecule has 0 aliphatic carbocycles. The number of nitrogens with zero attached hydrogens (tertiary/aromatic N) is 2. The highest BCUT2D eigenvalue weighted by Crippen LogP contribution is 2.39. The molecule has 1 heterocycles. The van der Waals surface area contributed by atoms with Crippen molar-refractivity contribution in [3.8, 4) is 0 Å². The Balaban J connectivity index is 1.77. The third-order valence-electron chi connectivity index (χ3n) is 4.37. The summed E-state index contributed by atoms with van der Waals surface area (Å²) >= 11 is 6.44. The van der Waals surface area contributed by atoms with Gasteiger partial charge in [-0.3, -0.25) is 5.01 Å². The predicted octanol–water partition coefficient (Wildman–Crippen LogP) is 5.83. The molecule has 0 N–H and O–H groups in total. The molecule has 1 aliphatic rings. The van der Waals surface area contributed by atoms with E-state index in [0.29, 0.717) is 6.42 Å². The Hall–Kier alpha value is -2.65. The molecule has 124 valence electrons. The largest absolute Gasteiger partial charge is 0.257 e. The van der Waals surface area contributed by atoms with Crippen molar-refractivity contribution >= 4 is 23.0 Å². The monoisotopic (exact) mass is 350 g/mol. The normalized spacial score (nSPS) is 16.8. The van der Waals surface area contributed by atoms with Crippen LogP contribution in [-0.4, -0.2) is 5.71 Å². The maximum absolute atomic E-state index is 13.2. The first-order valence-corrected chi connectivity index (χ1v) is 8.52. The average molecular weight is 351 g/mol. The molecule has 0 aromatic heterocycles. The molecule has 0 spiro atoms. The summed E-state index contributed by atoms with van der Waals surface area (Å²) in [7, 11) is 0. The highest BCUT2D eigenvalue weighted by Gasteiger charge is 2.31. The van der Waals surface area contributed by atoms with Crippen LogP contribution in [0.3, 0.4) is 0 Å². The van der Waals surface area contributed by atoms with Gasteiger partial charge in [0.2, 0.25) is 0 Å². The lowest BCUT2D eigenvalue weighted by molar-refractivity contribution is 0.627. The van der Waals surface area contributed by atoms with E-state index in [1.165, 1.54) is 12.1 Å². The minimum Gasteiger partial charge on any atom is -0.257 e. The second kappa shape index (κ2) is 6.69. The van der Waals surface area contributed by atoms with Crippen LogP contribution < -0.4 is 5.01 Å². The van der Waals surface area contributed by atoms with Crippen molar-refractivity contribution in [1.82, 2.24) is 0 Å². The Morgan fingerprint density at radius 3 is 2.28 bits per heavy atom. The Labute approximate surface area is 151 Å². The summed E-state index contributed by atoms with van der Waals surface area (Å²) in [4.78, 5) is 0. The Morgan fingerprint density at radius 1 is 0.880 bits per heavy atom. The number of hydrogen-bond donors (Lipinski definition) is 0. The highest BCUT2D eigenvalue weighted by molar-refractivity contribution is 6.31. The SMILES string of the molecule is Fc1ccc(C2=NN(c3ccccc3)[C@@H](c3ccccc3Cl)C2)cc1. The first kappa shape index (κ1) is 15.9. The van der Waals surface area contributed by atoms with Gasteiger partial charge in [-0.2, -0.15) is 5.10 Å². The molecule has 0 saturated carbocycles. The van der Waals surface area contributed by atoms with Gasteiger partial charge in [-0.05, 0) is 41.5 Å². The van der Waals surface area contributed by atoms with Crippen molar-refractivity contribution in [3.63, 3.8) is 0 Å². The Morgan fingerprint density at radius 2 is 1.56 bits per heavy atom. The van der Waals surface area contributed by atoms with E-state index in [9.17, 15) is 4.39 Å². The molecule has 0 saturated heterocycles. The maximum Gasteiger partial charge on any atom is 0.123 e. The van der Waals surface area contributed by atoms with Crippen LogP contribution in [0.5, 0.6) is 0 Å². The first-order valence-electron chi connectivity index (χ1n) is 8.14. The van der Waals surface area contributed by atoms with Gasteiger partial charge < -0.3 is 0 Å². The quantitative estimate of drug-likeness (QED) is 0.579. The lowest BCUT2D eigenvalue weighted by atomic mass is 9.98. The van der Waals surface area contributed by atoms with Gasteiger partial charge in [0.05, 0.1) is 17.4 Å². The fourth-order valence-corrected chi connectivity index (χ4v) is 3.40. The number of hydrogen-bond acceptors (Lipinski definition) is 2. The van der Waals surface area contributed by atoms with Crippen LogP contribution in [0.15, 0.2) is 84.0 Å². The molecule has 2 nitrogen and oxygen atoms in total. The van der Waals surface area contributed by atoms with Crippen molar-refractivity contribution in [3.05, 3.63) is 101 Å². The molecule has 3 aromatic rings. The molecule has 25 heavy (non-hydrogen) atoms. The predicted molar refractivity (Wildman–Crippen MR) is 101 cm³/mol. The van der Waals surface area contributed by atoms with Crippen molar-refractivity contribution in [2.24, 2.45) is 5.10 Å². The summed E-state index contributed by atoms with van der Waals surface area (Å²) in [6.45, 7) is 0. The summed E-state index contributed by atoms with van der Waals surface area (Å²) in [5.74, 6) is -0.245. The third kappa shape index (κ3) is 3.15. The van der Waals surface area contributed by atoms with Crippen LogP contribution >= 0.6 is 11.6 Å². The zero-order valence-corrected chi connectivity index (χ0v) is 14.2. The van der Waals surface area contributed by atoms with E-state index < -0.39 is 0 Å². The van der Waals surface area contributed by atoms with E-state index in [0.717, 1.165) is 27.5 Å². The van der Waals surface area contributed by atoms with Gasteiger partial charge in [-0.15, -0.1) is 0 Å². The Bertz CT molecular complexity index is 907. The summed E-state index contributed by atoms with van der Waals surface area (Å²) < 4.78 is 13.2. The molecule has 4 heteroatoms. The van der Waals surface area contributed by atoms with Crippen molar-refractivity contribution in [2.75, 3.05) is 5.01 Å². The molecule has 0 unspecified atom stereocenters. The minimum absolute atomic E-state index is 0.0103. The van der Waals surface area contributed by atoms with Crippen molar-refractivity contribution in [2.45, 2.75) is 12.5 Å². The van der Waals surface area contributed by atoms with E-state index in [4.69, 9.17) is 16.7 Å². The number of benzene rings is 3. The van der Waals surface area contributed by atoms with Gasteiger partial charge in [0.15, 0.2) is 0 Å². The second-order valence-electron chi connectivity index (χ2n) is 5.98. The van der Waals surface area contributed by atoms with Gasteiger partial charge in [0.25, 0.3) is 0 Å². The van der Waals surface area contributed by atoms with Crippen LogP contribution in [-0.2, 0) is 0 Å². The molecule has 0 radical (unpaired) electrons. The topological polar surface area (TPSA) is 15.6 Å². The zero-order valence-electron chi connectivity index (χ0n) is 13.4. The minimum atomic E-state index is -0.245. The molecule has 0 amide bonds. The second-order valence-corrected chi connectivity index (χ2v) is 6.38. The molecule has 0 bridgehead atoms. The van der Waals surface area contributed by atoms with Crippen molar-refractivity contribution < 1.29 is 4.39 Å². The van der Waals surface area contributed by atoms with Crippen LogP contribution in [0.1, 0.15) is 23.6 Å². The Kier molecular flexibility index (Phi) is 4.24. The van der Waals surface area contributed by atoms with Crippen LogP contribution in [0, 0.1) is 5.82 Å². The molecular formula is C21H16ClFN2.